The minimum absolute atomic E-state index is 0.0565. The quantitative estimate of drug-likeness (QED) is 0.254. The monoisotopic (exact) mass is 527 g/mol. The van der Waals surface area contributed by atoms with Gasteiger partial charge in [0, 0.05) is 42.6 Å². The van der Waals surface area contributed by atoms with Gasteiger partial charge in [-0.3, -0.25) is 9.59 Å². The zero-order valence-electron chi connectivity index (χ0n) is 21.6. The Hall–Kier alpha value is -3.75. The molecule has 38 heavy (non-hydrogen) atoms. The predicted octanol–water partition coefficient (Wildman–Crippen LogP) is 5.86. The van der Waals surface area contributed by atoms with Crippen LogP contribution in [0.5, 0.6) is 0 Å². The van der Waals surface area contributed by atoms with E-state index in [9.17, 15) is 9.59 Å². The summed E-state index contributed by atoms with van der Waals surface area (Å²) >= 11 is 1.38. The Morgan fingerprint density at radius 2 is 1.74 bits per heavy atom. The Morgan fingerprint density at radius 1 is 0.947 bits per heavy atom. The van der Waals surface area contributed by atoms with Gasteiger partial charge in [-0.2, -0.15) is 0 Å². The van der Waals surface area contributed by atoms with Crippen LogP contribution in [-0.4, -0.2) is 54.4 Å². The van der Waals surface area contributed by atoms with E-state index in [2.05, 4.69) is 25.8 Å². The van der Waals surface area contributed by atoms with Crippen LogP contribution in [0.15, 0.2) is 66.9 Å². The number of nitrogens with zero attached hydrogens (tertiary/aromatic N) is 2. The Morgan fingerprint density at radius 3 is 2.50 bits per heavy atom. The summed E-state index contributed by atoms with van der Waals surface area (Å²) < 4.78 is 0. The van der Waals surface area contributed by atoms with Gasteiger partial charge in [0.25, 0.3) is 11.8 Å². The first-order valence-corrected chi connectivity index (χ1v) is 14.1. The highest BCUT2D eigenvalue weighted by atomic mass is 32.1. The second-order valence-corrected chi connectivity index (χ2v) is 10.5. The molecule has 0 bridgehead atoms. The third-order valence-electron chi connectivity index (χ3n) is 6.79. The van der Waals surface area contributed by atoms with E-state index in [1.54, 1.807) is 6.20 Å². The molecule has 0 atom stereocenters. The molecule has 4 aromatic rings. The molecule has 5 rings (SSSR count). The van der Waals surface area contributed by atoms with Crippen molar-refractivity contribution in [1.82, 2.24) is 15.2 Å². The molecular weight excluding hydrogens is 494 g/mol. The number of amides is 2. The fourth-order valence-electron chi connectivity index (χ4n) is 4.79. The molecule has 2 aromatic carbocycles. The van der Waals surface area contributed by atoms with Crippen molar-refractivity contribution in [3.8, 4) is 11.1 Å². The minimum Gasteiger partial charge on any atom is -0.385 e. The number of thiophene rings is 1. The van der Waals surface area contributed by atoms with Crippen molar-refractivity contribution < 1.29 is 9.59 Å². The molecule has 0 saturated carbocycles. The summed E-state index contributed by atoms with van der Waals surface area (Å²) in [7, 11) is 0. The lowest BCUT2D eigenvalue weighted by molar-refractivity contribution is 0.0946. The van der Waals surface area contributed by atoms with E-state index in [1.165, 1.54) is 30.6 Å². The molecule has 3 heterocycles. The largest absolute Gasteiger partial charge is 0.385 e. The van der Waals surface area contributed by atoms with Gasteiger partial charge in [0.1, 0.15) is 4.83 Å². The van der Waals surface area contributed by atoms with Gasteiger partial charge in [-0.25, -0.2) is 4.98 Å². The molecule has 0 radical (unpaired) electrons. The van der Waals surface area contributed by atoms with Crippen LogP contribution in [0.4, 0.5) is 11.4 Å². The second kappa shape index (κ2) is 12.2. The highest BCUT2D eigenvalue weighted by molar-refractivity contribution is 7.20. The van der Waals surface area contributed by atoms with Crippen molar-refractivity contribution in [3.63, 3.8) is 0 Å². The van der Waals surface area contributed by atoms with Gasteiger partial charge in [-0.1, -0.05) is 30.7 Å². The van der Waals surface area contributed by atoms with Crippen LogP contribution in [0.2, 0.25) is 0 Å². The van der Waals surface area contributed by atoms with Gasteiger partial charge in [-0.05, 0) is 80.4 Å². The number of anilines is 2. The molecule has 7 nitrogen and oxygen atoms in total. The van der Waals surface area contributed by atoms with E-state index >= 15 is 0 Å². The van der Waals surface area contributed by atoms with E-state index in [1.807, 2.05) is 67.6 Å². The predicted molar refractivity (Wildman–Crippen MR) is 156 cm³/mol. The Bertz CT molecular complexity index is 1380. The number of benzene rings is 2. The van der Waals surface area contributed by atoms with Crippen molar-refractivity contribution in [2.75, 3.05) is 43.4 Å². The summed E-state index contributed by atoms with van der Waals surface area (Å²) in [6, 6.07) is 19.3. The fraction of sp³-hybridized carbons (Fsp3) is 0.300. The smallest absolute Gasteiger partial charge is 0.265 e. The molecular formula is C30H33N5O2S. The molecule has 1 aliphatic heterocycles. The average molecular weight is 528 g/mol. The zero-order valence-corrected chi connectivity index (χ0v) is 22.4. The van der Waals surface area contributed by atoms with Crippen molar-refractivity contribution in [3.05, 3.63) is 77.3 Å². The maximum Gasteiger partial charge on any atom is 0.265 e. The molecule has 8 heteroatoms. The summed E-state index contributed by atoms with van der Waals surface area (Å²) in [5, 5.41) is 10.4. The summed E-state index contributed by atoms with van der Waals surface area (Å²) in [5.41, 5.74) is 4.19. The average Bonchev–Trinajstić information content (AvgIpc) is 3.39. The fourth-order valence-corrected chi connectivity index (χ4v) is 5.68. The molecule has 0 aliphatic carbocycles. The van der Waals surface area contributed by atoms with Crippen LogP contribution in [0, 0.1) is 0 Å². The summed E-state index contributed by atoms with van der Waals surface area (Å²) in [6.07, 6.45) is 5.54. The molecule has 2 amide bonds. The second-order valence-electron chi connectivity index (χ2n) is 9.49. The number of nitrogens with one attached hydrogen (secondary N) is 3. The van der Waals surface area contributed by atoms with Gasteiger partial charge < -0.3 is 20.9 Å². The Kier molecular flexibility index (Phi) is 8.31. The van der Waals surface area contributed by atoms with Crippen LogP contribution in [0.1, 0.15) is 46.2 Å². The van der Waals surface area contributed by atoms with Crippen molar-refractivity contribution >= 4 is 44.7 Å². The molecule has 1 aliphatic rings. The third kappa shape index (κ3) is 6.20. The lowest BCUT2D eigenvalue weighted by atomic mass is 10.0. The van der Waals surface area contributed by atoms with Gasteiger partial charge in [0.05, 0.1) is 10.4 Å². The van der Waals surface area contributed by atoms with Gasteiger partial charge in [0.2, 0.25) is 0 Å². The number of carbonyl (C=O) groups is 2. The van der Waals surface area contributed by atoms with Gasteiger partial charge >= 0.3 is 0 Å². The Labute approximate surface area is 227 Å². The molecule has 3 N–H and O–H groups in total. The van der Waals surface area contributed by atoms with Crippen LogP contribution in [0.3, 0.4) is 0 Å². The molecule has 1 fully saturated rings. The number of aromatic nitrogens is 1. The summed E-state index contributed by atoms with van der Waals surface area (Å²) in [5.74, 6) is -0.204. The standard InChI is InChI=1S/C30H33N5O2S/c1-2-31-26-19-22(10-13-25(26)28(36)32-15-18-35-16-4-3-5-17-35)21-8-11-24(12-9-21)34-29(37)27-20-23-7-6-14-33-30(23)38-27/h6-14,19-20,31H,2-5,15-18H2,1H3,(H,32,36)(H,34,37). The molecule has 2 aromatic heterocycles. The number of likely N-dealkylation sites (tertiary alicyclic amines) is 1. The molecule has 0 unspecified atom stereocenters. The minimum atomic E-state index is -0.147. The lowest BCUT2D eigenvalue weighted by Gasteiger charge is -2.26. The van der Waals surface area contributed by atoms with E-state index in [0.29, 0.717) is 17.0 Å². The van der Waals surface area contributed by atoms with Gasteiger partial charge in [-0.15, -0.1) is 11.3 Å². The van der Waals surface area contributed by atoms with Crippen LogP contribution in [0.25, 0.3) is 21.3 Å². The van der Waals surface area contributed by atoms with E-state index in [-0.39, 0.29) is 11.8 Å². The molecule has 196 valence electrons. The number of piperidine rings is 1. The maximum absolute atomic E-state index is 12.9. The first kappa shape index (κ1) is 25.9. The van der Waals surface area contributed by atoms with Crippen LogP contribution < -0.4 is 16.0 Å². The number of fused-ring (bicyclic) bond motifs is 1. The van der Waals surface area contributed by atoms with E-state index < -0.39 is 0 Å². The number of carbonyl (C=O) groups excluding carboxylic acids is 2. The van der Waals surface area contributed by atoms with Crippen LogP contribution in [-0.2, 0) is 0 Å². The van der Waals surface area contributed by atoms with Gasteiger partial charge in [0.15, 0.2) is 0 Å². The van der Waals surface area contributed by atoms with Crippen molar-refractivity contribution in [1.29, 1.82) is 0 Å². The molecule has 0 spiro atoms. The highest BCUT2D eigenvalue weighted by Crippen LogP contribution is 2.28. The maximum atomic E-state index is 12.9. The van der Waals surface area contributed by atoms with Crippen molar-refractivity contribution in [2.45, 2.75) is 26.2 Å². The van der Waals surface area contributed by atoms with Crippen molar-refractivity contribution in [2.24, 2.45) is 0 Å². The van der Waals surface area contributed by atoms with Crippen LogP contribution >= 0.6 is 11.3 Å². The first-order valence-electron chi connectivity index (χ1n) is 13.3. The lowest BCUT2D eigenvalue weighted by Crippen LogP contribution is -2.37. The number of rotatable bonds is 9. The summed E-state index contributed by atoms with van der Waals surface area (Å²) in [6.45, 7) is 6.53. The first-order chi connectivity index (χ1) is 18.6. The molecule has 1 saturated heterocycles. The summed E-state index contributed by atoms with van der Waals surface area (Å²) in [4.78, 5) is 33.9. The number of hydrogen-bond acceptors (Lipinski definition) is 6. The number of hydrogen-bond donors (Lipinski definition) is 3. The topological polar surface area (TPSA) is 86.4 Å². The number of pyridine rings is 1. The highest BCUT2D eigenvalue weighted by Gasteiger charge is 2.15. The van der Waals surface area contributed by atoms with E-state index in [0.717, 1.165) is 58.9 Å². The SMILES string of the molecule is CCNc1cc(-c2ccc(NC(=O)c3cc4cccnc4s3)cc2)ccc1C(=O)NCCN1CCCCC1. The normalized spacial score (nSPS) is 13.8. The van der Waals surface area contributed by atoms with E-state index in [4.69, 9.17) is 0 Å². The Balaban J connectivity index is 1.23. The third-order valence-corrected chi connectivity index (χ3v) is 7.85. The zero-order chi connectivity index (χ0) is 26.3.